The third-order valence-electron chi connectivity index (χ3n) is 4.11. The second-order valence-corrected chi connectivity index (χ2v) is 7.93. The molecule has 0 radical (unpaired) electrons. The minimum absolute atomic E-state index is 0.0200. The van der Waals surface area contributed by atoms with Gasteiger partial charge in [-0.2, -0.15) is 0 Å². The van der Waals surface area contributed by atoms with Crippen LogP contribution in [0.4, 0.5) is 0 Å². The molecule has 2 aliphatic rings. The Labute approximate surface area is 109 Å². The molecular weight excluding hydrogens is 252 g/mol. The SMILES string of the molecule is CC1CC(CN)CN1C(=O)CC1CCS(=O)(=O)C1. The van der Waals surface area contributed by atoms with Crippen molar-refractivity contribution in [3.63, 3.8) is 0 Å². The monoisotopic (exact) mass is 274 g/mol. The van der Waals surface area contributed by atoms with E-state index in [-0.39, 0.29) is 29.4 Å². The predicted molar refractivity (Wildman–Crippen MR) is 69.7 cm³/mol. The van der Waals surface area contributed by atoms with Crippen molar-refractivity contribution in [1.82, 2.24) is 4.90 Å². The summed E-state index contributed by atoms with van der Waals surface area (Å²) >= 11 is 0. The van der Waals surface area contributed by atoms with E-state index in [1.165, 1.54) is 0 Å². The minimum atomic E-state index is -2.88. The first kappa shape index (κ1) is 13.8. The van der Waals surface area contributed by atoms with Crippen molar-refractivity contribution >= 4 is 15.7 Å². The van der Waals surface area contributed by atoms with Crippen LogP contribution in [0, 0.1) is 11.8 Å². The molecule has 3 unspecified atom stereocenters. The number of hydrogen-bond donors (Lipinski definition) is 1. The van der Waals surface area contributed by atoms with Crippen molar-refractivity contribution in [3.8, 4) is 0 Å². The second kappa shape index (κ2) is 5.17. The van der Waals surface area contributed by atoms with Gasteiger partial charge in [0, 0.05) is 19.0 Å². The van der Waals surface area contributed by atoms with Gasteiger partial charge in [-0.05, 0) is 38.1 Å². The fraction of sp³-hybridized carbons (Fsp3) is 0.917. The lowest BCUT2D eigenvalue weighted by atomic mass is 10.0. The lowest BCUT2D eigenvalue weighted by molar-refractivity contribution is -0.132. The van der Waals surface area contributed by atoms with Crippen LogP contribution in [-0.2, 0) is 14.6 Å². The Kier molecular flexibility index (Phi) is 3.96. The zero-order valence-corrected chi connectivity index (χ0v) is 11.7. The van der Waals surface area contributed by atoms with Crippen molar-refractivity contribution in [2.24, 2.45) is 17.6 Å². The van der Waals surface area contributed by atoms with Crippen molar-refractivity contribution < 1.29 is 13.2 Å². The first-order chi connectivity index (χ1) is 8.41. The number of nitrogens with zero attached hydrogens (tertiary/aromatic N) is 1. The van der Waals surface area contributed by atoms with Crippen LogP contribution in [0.3, 0.4) is 0 Å². The number of nitrogens with two attached hydrogens (primary N) is 1. The summed E-state index contributed by atoms with van der Waals surface area (Å²) in [5.41, 5.74) is 5.64. The number of carbonyl (C=O) groups is 1. The highest BCUT2D eigenvalue weighted by Crippen LogP contribution is 2.27. The summed E-state index contributed by atoms with van der Waals surface area (Å²) in [6.45, 7) is 3.39. The summed E-state index contributed by atoms with van der Waals surface area (Å²) in [5.74, 6) is 0.941. The molecule has 3 atom stereocenters. The first-order valence-electron chi connectivity index (χ1n) is 6.61. The van der Waals surface area contributed by atoms with E-state index >= 15 is 0 Å². The quantitative estimate of drug-likeness (QED) is 0.786. The lowest BCUT2D eigenvalue weighted by Crippen LogP contribution is -2.35. The maximum absolute atomic E-state index is 12.2. The Morgan fingerprint density at radius 3 is 2.61 bits per heavy atom. The highest BCUT2D eigenvalue weighted by Gasteiger charge is 2.35. The fourth-order valence-corrected chi connectivity index (χ4v) is 4.92. The van der Waals surface area contributed by atoms with E-state index in [9.17, 15) is 13.2 Å². The molecule has 2 heterocycles. The molecule has 18 heavy (non-hydrogen) atoms. The number of amides is 1. The number of carbonyl (C=O) groups excluding carboxylic acids is 1. The number of hydrogen-bond acceptors (Lipinski definition) is 4. The van der Waals surface area contributed by atoms with Gasteiger partial charge >= 0.3 is 0 Å². The summed E-state index contributed by atoms with van der Waals surface area (Å²) in [6, 6.07) is 0.240. The predicted octanol–water partition coefficient (Wildman–Crippen LogP) is 0.00690. The van der Waals surface area contributed by atoms with Gasteiger partial charge in [-0.3, -0.25) is 4.79 Å². The standard InChI is InChI=1S/C12H22N2O3S/c1-9-4-11(6-13)7-14(9)12(15)5-10-2-3-18(16,17)8-10/h9-11H,2-8,13H2,1H3. The summed E-state index contributed by atoms with van der Waals surface area (Å²) in [4.78, 5) is 14.1. The van der Waals surface area contributed by atoms with E-state index in [1.807, 2.05) is 11.8 Å². The zero-order chi connectivity index (χ0) is 13.3. The van der Waals surface area contributed by atoms with E-state index in [4.69, 9.17) is 5.73 Å². The van der Waals surface area contributed by atoms with Crippen molar-refractivity contribution in [1.29, 1.82) is 0 Å². The molecule has 1 amide bonds. The van der Waals surface area contributed by atoms with E-state index in [2.05, 4.69) is 0 Å². The Bertz CT molecular complexity index is 421. The van der Waals surface area contributed by atoms with Gasteiger partial charge < -0.3 is 10.6 Å². The van der Waals surface area contributed by atoms with E-state index in [0.717, 1.165) is 13.0 Å². The summed E-state index contributed by atoms with van der Waals surface area (Å²) < 4.78 is 22.7. The topological polar surface area (TPSA) is 80.5 Å². The number of rotatable bonds is 3. The largest absolute Gasteiger partial charge is 0.340 e. The molecule has 0 bridgehead atoms. The molecule has 2 saturated heterocycles. The van der Waals surface area contributed by atoms with Crippen LogP contribution in [0.25, 0.3) is 0 Å². The minimum Gasteiger partial charge on any atom is -0.340 e. The third kappa shape index (κ3) is 3.03. The molecule has 2 rings (SSSR count). The van der Waals surface area contributed by atoms with Crippen molar-refractivity contribution in [2.45, 2.75) is 32.2 Å². The Morgan fingerprint density at radius 2 is 2.11 bits per heavy atom. The van der Waals surface area contributed by atoms with Crippen molar-refractivity contribution in [2.75, 3.05) is 24.6 Å². The van der Waals surface area contributed by atoms with Gasteiger partial charge in [0.2, 0.25) is 5.91 Å². The van der Waals surface area contributed by atoms with Gasteiger partial charge in [0.25, 0.3) is 0 Å². The average Bonchev–Trinajstić information content (AvgIpc) is 2.81. The van der Waals surface area contributed by atoms with Gasteiger partial charge in [-0.1, -0.05) is 0 Å². The normalized spacial score (nSPS) is 35.0. The molecule has 0 aliphatic carbocycles. The Balaban J connectivity index is 1.89. The van der Waals surface area contributed by atoms with Crippen LogP contribution >= 0.6 is 0 Å². The maximum Gasteiger partial charge on any atom is 0.223 e. The fourth-order valence-electron chi connectivity index (χ4n) is 3.06. The summed E-state index contributed by atoms with van der Waals surface area (Å²) in [7, 11) is -2.88. The lowest BCUT2D eigenvalue weighted by Gasteiger charge is -2.22. The molecule has 0 aromatic heterocycles. The van der Waals surface area contributed by atoms with Crippen molar-refractivity contribution in [3.05, 3.63) is 0 Å². The van der Waals surface area contributed by atoms with Crippen LogP contribution in [-0.4, -0.2) is 49.9 Å². The van der Waals surface area contributed by atoms with Gasteiger partial charge in [0.15, 0.2) is 9.84 Å². The molecule has 0 spiro atoms. The molecule has 104 valence electrons. The third-order valence-corrected chi connectivity index (χ3v) is 5.94. The molecule has 0 aromatic carbocycles. The van der Waals surface area contributed by atoms with Crippen LogP contribution < -0.4 is 5.73 Å². The van der Waals surface area contributed by atoms with Crippen LogP contribution in [0.1, 0.15) is 26.2 Å². The first-order valence-corrected chi connectivity index (χ1v) is 8.43. The average molecular weight is 274 g/mol. The smallest absolute Gasteiger partial charge is 0.223 e. The maximum atomic E-state index is 12.2. The van der Waals surface area contributed by atoms with E-state index in [1.54, 1.807) is 0 Å². The van der Waals surface area contributed by atoms with Gasteiger partial charge in [-0.25, -0.2) is 8.42 Å². The molecule has 0 aromatic rings. The molecule has 2 N–H and O–H groups in total. The summed E-state index contributed by atoms with van der Waals surface area (Å²) in [6.07, 6.45) is 1.97. The van der Waals surface area contributed by atoms with Gasteiger partial charge in [0.05, 0.1) is 11.5 Å². The zero-order valence-electron chi connectivity index (χ0n) is 10.8. The number of sulfone groups is 1. The molecule has 2 fully saturated rings. The van der Waals surface area contributed by atoms with E-state index in [0.29, 0.717) is 25.3 Å². The highest BCUT2D eigenvalue weighted by atomic mass is 32.2. The van der Waals surface area contributed by atoms with E-state index < -0.39 is 9.84 Å². The molecule has 5 nitrogen and oxygen atoms in total. The molecule has 0 saturated carbocycles. The Morgan fingerprint density at radius 1 is 1.39 bits per heavy atom. The van der Waals surface area contributed by atoms with Gasteiger partial charge in [0.1, 0.15) is 0 Å². The highest BCUT2D eigenvalue weighted by molar-refractivity contribution is 7.91. The van der Waals surface area contributed by atoms with Gasteiger partial charge in [-0.15, -0.1) is 0 Å². The number of likely N-dealkylation sites (tertiary alicyclic amines) is 1. The molecule has 6 heteroatoms. The van der Waals surface area contributed by atoms with Crippen LogP contribution in [0.15, 0.2) is 0 Å². The van der Waals surface area contributed by atoms with Crippen LogP contribution in [0.5, 0.6) is 0 Å². The molecule has 2 aliphatic heterocycles. The second-order valence-electron chi connectivity index (χ2n) is 5.71. The van der Waals surface area contributed by atoms with Crippen LogP contribution in [0.2, 0.25) is 0 Å². The summed E-state index contributed by atoms with van der Waals surface area (Å²) in [5, 5.41) is 0. The Hall–Kier alpha value is -0.620. The molecular formula is C12H22N2O3S.